The van der Waals surface area contributed by atoms with Gasteiger partial charge in [0.2, 0.25) is 0 Å². The Bertz CT molecular complexity index is 368. The number of halogens is 1. The van der Waals surface area contributed by atoms with E-state index >= 15 is 0 Å². The van der Waals surface area contributed by atoms with Crippen LogP contribution in [0, 0.1) is 5.92 Å². The first-order valence-corrected chi connectivity index (χ1v) is 7.11. The van der Waals surface area contributed by atoms with Crippen LogP contribution in [0.3, 0.4) is 0 Å². The van der Waals surface area contributed by atoms with Crippen LogP contribution in [0.15, 0.2) is 18.2 Å². The van der Waals surface area contributed by atoms with Crippen molar-refractivity contribution >= 4 is 11.6 Å². The lowest BCUT2D eigenvalue weighted by molar-refractivity contribution is 0.256. The molecule has 0 aromatic heterocycles. The Hall–Kier alpha value is -0.730. The van der Waals surface area contributed by atoms with Gasteiger partial charge < -0.3 is 10.5 Å². The maximum atomic E-state index is 6.22. The van der Waals surface area contributed by atoms with Gasteiger partial charge in [-0.05, 0) is 36.5 Å². The lowest BCUT2D eigenvalue weighted by Gasteiger charge is -2.14. The standard InChI is InChI=1S/C15H24ClNO/c1-4-11(3)10-18-15-7-6-12(9-14(15)16)8-13(17)5-2/h6-7,9,11,13H,4-5,8,10,17H2,1-3H3. The molecule has 0 saturated heterocycles. The fourth-order valence-electron chi connectivity index (χ4n) is 1.59. The third-order valence-corrected chi connectivity index (χ3v) is 3.53. The summed E-state index contributed by atoms with van der Waals surface area (Å²) in [6.07, 6.45) is 2.95. The minimum Gasteiger partial charge on any atom is -0.492 e. The average Bonchev–Trinajstić information content (AvgIpc) is 2.37. The molecule has 2 atom stereocenters. The van der Waals surface area contributed by atoms with Crippen molar-refractivity contribution in [2.45, 2.75) is 46.1 Å². The van der Waals surface area contributed by atoms with Crippen molar-refractivity contribution in [1.82, 2.24) is 0 Å². The number of hydrogen-bond acceptors (Lipinski definition) is 2. The summed E-state index contributed by atoms with van der Waals surface area (Å²) in [4.78, 5) is 0. The van der Waals surface area contributed by atoms with E-state index in [-0.39, 0.29) is 6.04 Å². The molecule has 1 aromatic rings. The molecule has 1 aromatic carbocycles. The minimum absolute atomic E-state index is 0.202. The van der Waals surface area contributed by atoms with Gasteiger partial charge in [-0.25, -0.2) is 0 Å². The summed E-state index contributed by atoms with van der Waals surface area (Å²) in [6, 6.07) is 6.16. The van der Waals surface area contributed by atoms with Crippen LogP contribution in [0.2, 0.25) is 5.02 Å². The lowest BCUT2D eigenvalue weighted by Crippen LogP contribution is -2.21. The van der Waals surface area contributed by atoms with Gasteiger partial charge in [0.15, 0.2) is 0 Å². The number of hydrogen-bond donors (Lipinski definition) is 1. The third-order valence-electron chi connectivity index (χ3n) is 3.24. The van der Waals surface area contributed by atoms with Crippen LogP contribution in [0.4, 0.5) is 0 Å². The second-order valence-electron chi connectivity index (χ2n) is 4.96. The molecule has 2 N–H and O–H groups in total. The van der Waals surface area contributed by atoms with E-state index in [4.69, 9.17) is 22.1 Å². The van der Waals surface area contributed by atoms with Crippen molar-refractivity contribution in [3.63, 3.8) is 0 Å². The predicted octanol–water partition coefficient (Wildman–Crippen LogP) is 4.04. The van der Waals surface area contributed by atoms with Gasteiger partial charge >= 0.3 is 0 Å². The van der Waals surface area contributed by atoms with E-state index in [0.717, 1.165) is 25.0 Å². The van der Waals surface area contributed by atoms with Gasteiger partial charge in [0.1, 0.15) is 5.75 Å². The zero-order chi connectivity index (χ0) is 13.5. The van der Waals surface area contributed by atoms with Gasteiger partial charge in [0.25, 0.3) is 0 Å². The van der Waals surface area contributed by atoms with E-state index in [1.807, 2.05) is 18.2 Å². The fourth-order valence-corrected chi connectivity index (χ4v) is 1.84. The van der Waals surface area contributed by atoms with Crippen LogP contribution in [0.1, 0.15) is 39.2 Å². The Balaban J connectivity index is 2.62. The van der Waals surface area contributed by atoms with Gasteiger partial charge in [0.05, 0.1) is 11.6 Å². The van der Waals surface area contributed by atoms with Crippen LogP contribution in [-0.4, -0.2) is 12.6 Å². The Morgan fingerprint density at radius 3 is 2.56 bits per heavy atom. The van der Waals surface area contributed by atoms with Crippen LogP contribution in [-0.2, 0) is 6.42 Å². The van der Waals surface area contributed by atoms with Crippen molar-refractivity contribution in [3.05, 3.63) is 28.8 Å². The van der Waals surface area contributed by atoms with Gasteiger partial charge in [-0.2, -0.15) is 0 Å². The summed E-state index contributed by atoms with van der Waals surface area (Å²) in [6.45, 7) is 7.13. The van der Waals surface area contributed by atoms with Crippen LogP contribution < -0.4 is 10.5 Å². The molecular weight excluding hydrogens is 246 g/mol. The number of nitrogens with two attached hydrogens (primary N) is 1. The summed E-state index contributed by atoms with van der Waals surface area (Å²) in [5.74, 6) is 1.32. The number of ether oxygens (including phenoxy) is 1. The third kappa shape index (κ3) is 4.87. The summed E-state index contributed by atoms with van der Waals surface area (Å²) in [5.41, 5.74) is 7.11. The Morgan fingerprint density at radius 2 is 2.00 bits per heavy atom. The minimum atomic E-state index is 0.202. The fraction of sp³-hybridized carbons (Fsp3) is 0.600. The highest BCUT2D eigenvalue weighted by atomic mass is 35.5. The van der Waals surface area contributed by atoms with E-state index in [9.17, 15) is 0 Å². The van der Waals surface area contributed by atoms with Crippen molar-refractivity contribution in [1.29, 1.82) is 0 Å². The molecule has 0 spiro atoms. The van der Waals surface area contributed by atoms with E-state index in [2.05, 4.69) is 20.8 Å². The smallest absolute Gasteiger partial charge is 0.137 e. The molecule has 0 aliphatic rings. The molecule has 102 valence electrons. The predicted molar refractivity (Wildman–Crippen MR) is 78.4 cm³/mol. The van der Waals surface area contributed by atoms with Gasteiger partial charge in [-0.1, -0.05) is 44.9 Å². The Kier molecular flexibility index (Phi) is 6.51. The summed E-state index contributed by atoms with van der Waals surface area (Å²) in [7, 11) is 0. The first-order valence-electron chi connectivity index (χ1n) is 6.73. The first kappa shape index (κ1) is 15.3. The number of rotatable bonds is 7. The molecule has 0 fully saturated rings. The highest BCUT2D eigenvalue weighted by Gasteiger charge is 2.07. The second kappa shape index (κ2) is 7.65. The average molecular weight is 270 g/mol. The molecule has 0 radical (unpaired) electrons. The molecule has 1 rings (SSSR count). The maximum absolute atomic E-state index is 6.22. The van der Waals surface area contributed by atoms with E-state index in [1.165, 1.54) is 5.56 Å². The zero-order valence-electron chi connectivity index (χ0n) is 11.6. The largest absolute Gasteiger partial charge is 0.492 e. The van der Waals surface area contributed by atoms with Gasteiger partial charge in [-0.15, -0.1) is 0 Å². The van der Waals surface area contributed by atoms with Crippen LogP contribution in [0.25, 0.3) is 0 Å². The van der Waals surface area contributed by atoms with Gasteiger partial charge in [0, 0.05) is 6.04 Å². The molecule has 3 heteroatoms. The van der Waals surface area contributed by atoms with Crippen molar-refractivity contribution in [2.75, 3.05) is 6.61 Å². The number of benzene rings is 1. The molecule has 0 bridgehead atoms. The zero-order valence-corrected chi connectivity index (χ0v) is 12.3. The molecular formula is C15H24ClNO. The Labute approximate surface area is 115 Å². The molecule has 0 aliphatic carbocycles. The van der Waals surface area contributed by atoms with E-state index < -0.39 is 0 Å². The lowest BCUT2D eigenvalue weighted by atomic mass is 10.0. The molecule has 18 heavy (non-hydrogen) atoms. The van der Waals surface area contributed by atoms with Crippen molar-refractivity contribution < 1.29 is 4.74 Å². The second-order valence-corrected chi connectivity index (χ2v) is 5.37. The quantitative estimate of drug-likeness (QED) is 0.811. The molecule has 2 unspecified atom stereocenters. The maximum Gasteiger partial charge on any atom is 0.137 e. The monoisotopic (exact) mass is 269 g/mol. The SMILES string of the molecule is CCC(C)COc1ccc(CC(N)CC)cc1Cl. The highest BCUT2D eigenvalue weighted by Crippen LogP contribution is 2.26. The normalized spacial score (nSPS) is 14.3. The first-order chi connectivity index (χ1) is 8.56. The Morgan fingerprint density at radius 1 is 1.28 bits per heavy atom. The van der Waals surface area contributed by atoms with Crippen molar-refractivity contribution in [3.8, 4) is 5.75 Å². The van der Waals surface area contributed by atoms with Crippen LogP contribution >= 0.6 is 11.6 Å². The molecule has 0 aliphatic heterocycles. The van der Waals surface area contributed by atoms with E-state index in [1.54, 1.807) is 0 Å². The molecule has 0 saturated carbocycles. The highest BCUT2D eigenvalue weighted by molar-refractivity contribution is 6.32. The summed E-state index contributed by atoms with van der Waals surface area (Å²) >= 11 is 6.22. The van der Waals surface area contributed by atoms with Crippen LogP contribution in [0.5, 0.6) is 5.75 Å². The van der Waals surface area contributed by atoms with E-state index in [0.29, 0.717) is 17.5 Å². The molecule has 0 amide bonds. The van der Waals surface area contributed by atoms with Crippen molar-refractivity contribution in [2.24, 2.45) is 11.7 Å². The molecule has 2 nitrogen and oxygen atoms in total. The topological polar surface area (TPSA) is 35.2 Å². The summed E-state index contributed by atoms with van der Waals surface area (Å²) < 4.78 is 5.71. The van der Waals surface area contributed by atoms with Gasteiger partial charge in [-0.3, -0.25) is 0 Å². The molecule has 0 heterocycles. The summed E-state index contributed by atoms with van der Waals surface area (Å²) in [5, 5.41) is 0.680.